The molecular weight excluding hydrogens is 333 g/mol. The molecule has 1 aromatic rings. The fraction of sp³-hybridized carbons (Fsp3) is 0.571. The van der Waals surface area contributed by atoms with E-state index in [2.05, 4.69) is 6.26 Å². The summed E-state index contributed by atoms with van der Waals surface area (Å²) in [6.45, 7) is 0. The Balaban J connectivity index is 1.94. The average Bonchev–Trinajstić information content (AvgIpc) is 2.74. The van der Waals surface area contributed by atoms with E-state index in [4.69, 9.17) is 11.6 Å². The van der Waals surface area contributed by atoms with Gasteiger partial charge in [-0.2, -0.15) is 16.1 Å². The van der Waals surface area contributed by atoms with Crippen molar-refractivity contribution in [3.8, 4) is 0 Å². The Hall–Kier alpha value is -0.300. The van der Waals surface area contributed by atoms with Crippen molar-refractivity contribution in [3.05, 3.63) is 29.0 Å². The fourth-order valence-corrected chi connectivity index (χ4v) is 6.42. The van der Waals surface area contributed by atoms with E-state index in [9.17, 15) is 12.8 Å². The molecular formula is C14H17ClFNO2S2. The molecule has 0 spiro atoms. The highest BCUT2D eigenvalue weighted by molar-refractivity contribution is 7.99. The standard InChI is InChI=1S/C14H17ClFNO2S2/c1-20-11-6-9-2-3-10(7-11)17(9)21(18,19)12-4-5-14(16)13(15)8-12/h4-5,8-11H,2-3,6-7H2,1H3. The Morgan fingerprint density at radius 1 is 1.29 bits per heavy atom. The SMILES string of the molecule is CSC1CC2CCC(C1)N2S(=O)(=O)c1ccc(F)c(Cl)c1. The van der Waals surface area contributed by atoms with Crippen molar-refractivity contribution in [2.45, 2.75) is 47.9 Å². The van der Waals surface area contributed by atoms with Crippen molar-refractivity contribution in [2.24, 2.45) is 0 Å². The first-order valence-electron chi connectivity index (χ1n) is 6.95. The van der Waals surface area contributed by atoms with Crippen LogP contribution in [0, 0.1) is 5.82 Å². The molecule has 2 unspecified atom stereocenters. The van der Waals surface area contributed by atoms with Gasteiger partial charge in [-0.05, 0) is 50.1 Å². The van der Waals surface area contributed by atoms with Gasteiger partial charge in [0.05, 0.1) is 9.92 Å². The van der Waals surface area contributed by atoms with Crippen molar-refractivity contribution in [1.29, 1.82) is 0 Å². The molecule has 3 nitrogen and oxygen atoms in total. The quantitative estimate of drug-likeness (QED) is 0.837. The van der Waals surface area contributed by atoms with E-state index in [1.807, 2.05) is 11.8 Å². The predicted molar refractivity (Wildman–Crippen MR) is 83.8 cm³/mol. The van der Waals surface area contributed by atoms with Crippen LogP contribution in [-0.4, -0.2) is 36.3 Å². The van der Waals surface area contributed by atoms with E-state index >= 15 is 0 Å². The molecule has 0 radical (unpaired) electrons. The summed E-state index contributed by atoms with van der Waals surface area (Å²) in [7, 11) is -3.60. The van der Waals surface area contributed by atoms with Gasteiger partial charge in [0.25, 0.3) is 0 Å². The number of rotatable bonds is 3. The Morgan fingerprint density at radius 2 is 1.90 bits per heavy atom. The summed E-state index contributed by atoms with van der Waals surface area (Å²) in [6, 6.07) is 3.76. The number of halogens is 2. The highest BCUT2D eigenvalue weighted by atomic mass is 35.5. The predicted octanol–water partition coefficient (Wildman–Crippen LogP) is 3.53. The lowest BCUT2D eigenvalue weighted by atomic mass is 10.1. The molecule has 0 aromatic heterocycles. The number of nitrogens with zero attached hydrogens (tertiary/aromatic N) is 1. The van der Waals surface area contributed by atoms with Crippen LogP contribution in [0.1, 0.15) is 25.7 Å². The molecule has 2 bridgehead atoms. The molecule has 0 saturated carbocycles. The van der Waals surface area contributed by atoms with Gasteiger partial charge in [0, 0.05) is 17.3 Å². The second kappa shape index (κ2) is 5.72. The molecule has 2 fully saturated rings. The molecule has 2 saturated heterocycles. The second-order valence-corrected chi connectivity index (χ2v) is 9.01. The van der Waals surface area contributed by atoms with Gasteiger partial charge in [-0.25, -0.2) is 12.8 Å². The zero-order valence-electron chi connectivity index (χ0n) is 11.6. The third-order valence-corrected chi connectivity index (χ3v) is 7.76. The molecule has 0 N–H and O–H groups in total. The van der Waals surface area contributed by atoms with E-state index < -0.39 is 15.8 Å². The Bertz CT molecular complexity index is 638. The first kappa shape index (κ1) is 15.6. The number of piperidine rings is 1. The summed E-state index contributed by atoms with van der Waals surface area (Å²) in [6.07, 6.45) is 5.69. The van der Waals surface area contributed by atoms with Gasteiger partial charge in [-0.1, -0.05) is 11.6 Å². The minimum absolute atomic E-state index is 0.0648. The number of sulfonamides is 1. The summed E-state index contributed by atoms with van der Waals surface area (Å²) < 4.78 is 40.6. The highest BCUT2D eigenvalue weighted by Crippen LogP contribution is 2.42. The van der Waals surface area contributed by atoms with Crippen molar-refractivity contribution in [1.82, 2.24) is 4.31 Å². The Labute approximate surface area is 133 Å². The maximum Gasteiger partial charge on any atom is 0.243 e. The second-order valence-electron chi connectivity index (χ2n) is 5.62. The largest absolute Gasteiger partial charge is 0.243 e. The summed E-state index contributed by atoms with van der Waals surface area (Å²) in [4.78, 5) is 0.0911. The van der Waals surface area contributed by atoms with Crippen LogP contribution >= 0.6 is 23.4 Å². The number of thioether (sulfide) groups is 1. The minimum Gasteiger partial charge on any atom is -0.207 e. The number of hydrogen-bond donors (Lipinski definition) is 0. The van der Waals surface area contributed by atoms with Gasteiger partial charge in [-0.3, -0.25) is 0 Å². The summed E-state index contributed by atoms with van der Waals surface area (Å²) in [5, 5.41) is 0.383. The third kappa shape index (κ3) is 2.71. The summed E-state index contributed by atoms with van der Waals surface area (Å²) >= 11 is 7.55. The Morgan fingerprint density at radius 3 is 2.43 bits per heavy atom. The molecule has 2 aliphatic heterocycles. The molecule has 2 heterocycles. The summed E-state index contributed by atoms with van der Waals surface area (Å²) in [5.41, 5.74) is 0. The van der Waals surface area contributed by atoms with Gasteiger partial charge in [-0.15, -0.1) is 0 Å². The zero-order valence-corrected chi connectivity index (χ0v) is 14.0. The van der Waals surface area contributed by atoms with Gasteiger partial charge in [0.15, 0.2) is 0 Å². The van der Waals surface area contributed by atoms with Crippen LogP contribution in [0.3, 0.4) is 0 Å². The van der Waals surface area contributed by atoms with Gasteiger partial charge in [0.1, 0.15) is 5.82 Å². The van der Waals surface area contributed by atoms with Crippen molar-refractivity contribution >= 4 is 33.4 Å². The van der Waals surface area contributed by atoms with Crippen molar-refractivity contribution < 1.29 is 12.8 Å². The first-order chi connectivity index (χ1) is 9.93. The van der Waals surface area contributed by atoms with Crippen LogP contribution < -0.4 is 0 Å². The number of fused-ring (bicyclic) bond motifs is 2. The maximum atomic E-state index is 13.2. The molecule has 1 aromatic carbocycles. The fourth-order valence-electron chi connectivity index (χ4n) is 3.43. The molecule has 21 heavy (non-hydrogen) atoms. The topological polar surface area (TPSA) is 37.4 Å². The zero-order chi connectivity index (χ0) is 15.2. The van der Waals surface area contributed by atoms with Gasteiger partial charge in [0.2, 0.25) is 10.0 Å². The van der Waals surface area contributed by atoms with Gasteiger partial charge >= 0.3 is 0 Å². The molecule has 0 aliphatic carbocycles. The highest BCUT2D eigenvalue weighted by Gasteiger charge is 2.47. The van der Waals surface area contributed by atoms with Crippen LogP contribution in [0.15, 0.2) is 23.1 Å². The monoisotopic (exact) mass is 349 g/mol. The molecule has 0 amide bonds. The molecule has 3 rings (SSSR count). The van der Waals surface area contributed by atoms with Crippen LogP contribution in [-0.2, 0) is 10.0 Å². The third-order valence-electron chi connectivity index (χ3n) is 4.42. The molecule has 2 aliphatic rings. The van der Waals surface area contributed by atoms with Crippen LogP contribution in [0.2, 0.25) is 5.02 Å². The van der Waals surface area contributed by atoms with Crippen LogP contribution in [0.25, 0.3) is 0 Å². The van der Waals surface area contributed by atoms with E-state index in [0.29, 0.717) is 5.25 Å². The lowest BCUT2D eigenvalue weighted by Crippen LogP contribution is -2.47. The maximum absolute atomic E-state index is 13.2. The van der Waals surface area contributed by atoms with Crippen LogP contribution in [0.4, 0.5) is 4.39 Å². The normalized spacial score (nSPS) is 29.8. The van der Waals surface area contributed by atoms with Crippen molar-refractivity contribution in [3.63, 3.8) is 0 Å². The van der Waals surface area contributed by atoms with E-state index in [1.165, 1.54) is 12.1 Å². The lowest BCUT2D eigenvalue weighted by molar-refractivity contribution is 0.253. The Kier molecular flexibility index (Phi) is 4.25. The van der Waals surface area contributed by atoms with E-state index in [-0.39, 0.29) is 22.0 Å². The van der Waals surface area contributed by atoms with E-state index in [1.54, 1.807) is 4.31 Å². The van der Waals surface area contributed by atoms with Crippen LogP contribution in [0.5, 0.6) is 0 Å². The van der Waals surface area contributed by atoms with Crippen molar-refractivity contribution in [2.75, 3.05) is 6.26 Å². The van der Waals surface area contributed by atoms with E-state index in [0.717, 1.165) is 31.7 Å². The lowest BCUT2D eigenvalue weighted by Gasteiger charge is -2.37. The smallest absolute Gasteiger partial charge is 0.207 e. The average molecular weight is 350 g/mol. The number of hydrogen-bond acceptors (Lipinski definition) is 3. The van der Waals surface area contributed by atoms with Gasteiger partial charge < -0.3 is 0 Å². The molecule has 2 atom stereocenters. The number of benzene rings is 1. The summed E-state index contributed by atoms with van der Waals surface area (Å²) in [5.74, 6) is -0.598. The minimum atomic E-state index is -3.60. The molecule has 116 valence electrons. The molecule has 7 heteroatoms. The first-order valence-corrected chi connectivity index (χ1v) is 10.1.